The maximum absolute atomic E-state index is 12.6. The Morgan fingerprint density at radius 1 is 1.14 bits per heavy atom. The Morgan fingerprint density at radius 2 is 1.96 bits per heavy atom. The molecule has 4 N–H and O–H groups in total. The lowest BCUT2D eigenvalue weighted by Gasteiger charge is -2.18. The molecule has 8 heteroatoms. The molecule has 0 fully saturated rings. The van der Waals surface area contributed by atoms with Crippen molar-refractivity contribution in [3.05, 3.63) is 65.5 Å². The highest BCUT2D eigenvalue weighted by Gasteiger charge is 2.21. The number of aromatic amines is 1. The number of nitrogen functional groups attached to an aromatic ring is 1. The van der Waals surface area contributed by atoms with E-state index in [1.165, 1.54) is 0 Å². The molecule has 1 aromatic heterocycles. The first-order valence-corrected chi connectivity index (χ1v) is 9.07. The van der Waals surface area contributed by atoms with E-state index in [0.717, 1.165) is 16.9 Å². The Hall–Kier alpha value is -3.55. The van der Waals surface area contributed by atoms with Gasteiger partial charge in [-0.05, 0) is 23.3 Å². The van der Waals surface area contributed by atoms with E-state index in [4.69, 9.17) is 15.2 Å². The van der Waals surface area contributed by atoms with Gasteiger partial charge in [0.2, 0.25) is 18.6 Å². The number of nitrogens with one attached hydrogen (secondary N) is 2. The first-order valence-electron chi connectivity index (χ1n) is 9.07. The number of benzene rings is 2. The van der Waals surface area contributed by atoms with Gasteiger partial charge in [0.15, 0.2) is 11.5 Å². The molecule has 8 nitrogen and oxygen atoms in total. The van der Waals surface area contributed by atoms with E-state index < -0.39 is 0 Å². The molecule has 1 aliphatic heterocycles. The number of carbonyl (C=O) groups is 1. The van der Waals surface area contributed by atoms with Gasteiger partial charge in [-0.15, -0.1) is 5.10 Å². The highest BCUT2D eigenvalue weighted by atomic mass is 16.7. The van der Waals surface area contributed by atoms with E-state index >= 15 is 0 Å². The first kappa shape index (κ1) is 17.8. The van der Waals surface area contributed by atoms with Gasteiger partial charge in [-0.25, -0.2) is 0 Å². The molecule has 1 atom stereocenters. The molecule has 0 saturated carbocycles. The van der Waals surface area contributed by atoms with Crippen molar-refractivity contribution in [3.63, 3.8) is 0 Å². The summed E-state index contributed by atoms with van der Waals surface area (Å²) in [4.78, 5) is 16.6. The lowest BCUT2D eigenvalue weighted by molar-refractivity contribution is -0.121. The molecule has 0 bridgehead atoms. The summed E-state index contributed by atoms with van der Waals surface area (Å²) >= 11 is 0. The number of fused-ring (bicyclic) bond motifs is 1. The molecule has 0 spiro atoms. The summed E-state index contributed by atoms with van der Waals surface area (Å²) in [5, 5.41) is 9.45. The zero-order valence-corrected chi connectivity index (χ0v) is 15.2. The van der Waals surface area contributed by atoms with Crippen molar-refractivity contribution in [2.75, 3.05) is 19.1 Å². The molecule has 3 aromatic rings. The highest BCUT2D eigenvalue weighted by molar-refractivity contribution is 5.77. The van der Waals surface area contributed by atoms with Crippen molar-refractivity contribution < 1.29 is 14.3 Å². The minimum Gasteiger partial charge on any atom is -0.454 e. The van der Waals surface area contributed by atoms with E-state index in [2.05, 4.69) is 20.5 Å². The molecule has 2 heterocycles. The minimum absolute atomic E-state index is 0.0426. The normalized spacial score (nSPS) is 13.3. The standard InChI is InChI=1S/C20H21N5O3/c21-20-23-18(24-25-20)8-9-22-19(26)11-15(13-4-2-1-3-5-13)14-6-7-16-17(10-14)28-12-27-16/h1-7,10,15H,8-9,11-12H2,(H,22,26)(H3,21,23,24,25). The third-order valence-electron chi connectivity index (χ3n) is 4.62. The second kappa shape index (κ2) is 7.99. The van der Waals surface area contributed by atoms with Gasteiger partial charge in [0.1, 0.15) is 5.82 Å². The molecule has 4 rings (SSSR count). The second-order valence-electron chi connectivity index (χ2n) is 6.52. The van der Waals surface area contributed by atoms with Crippen molar-refractivity contribution in [2.24, 2.45) is 0 Å². The van der Waals surface area contributed by atoms with Gasteiger partial charge in [0.05, 0.1) is 0 Å². The topological polar surface area (TPSA) is 115 Å². The molecule has 0 aliphatic carbocycles. The largest absolute Gasteiger partial charge is 0.454 e. The van der Waals surface area contributed by atoms with Crippen LogP contribution in [0.1, 0.15) is 29.3 Å². The number of hydrogen-bond acceptors (Lipinski definition) is 6. The number of H-pyrrole nitrogens is 1. The minimum atomic E-state index is -0.0865. The number of amides is 1. The molecule has 28 heavy (non-hydrogen) atoms. The molecular weight excluding hydrogens is 358 g/mol. The van der Waals surface area contributed by atoms with E-state index in [-0.39, 0.29) is 24.6 Å². The summed E-state index contributed by atoms with van der Waals surface area (Å²) in [6, 6.07) is 15.8. The lowest BCUT2D eigenvalue weighted by Crippen LogP contribution is -2.27. The fraction of sp³-hybridized carbons (Fsp3) is 0.250. The van der Waals surface area contributed by atoms with Gasteiger partial charge >= 0.3 is 0 Å². The average molecular weight is 379 g/mol. The lowest BCUT2D eigenvalue weighted by atomic mass is 9.88. The van der Waals surface area contributed by atoms with Gasteiger partial charge in [-0.1, -0.05) is 36.4 Å². The van der Waals surface area contributed by atoms with Crippen LogP contribution in [0.2, 0.25) is 0 Å². The number of rotatable bonds is 7. The van der Waals surface area contributed by atoms with Crippen molar-refractivity contribution in [1.82, 2.24) is 20.5 Å². The molecular formula is C20H21N5O3. The van der Waals surface area contributed by atoms with E-state index in [1.54, 1.807) is 0 Å². The highest BCUT2D eigenvalue weighted by Crippen LogP contribution is 2.37. The van der Waals surface area contributed by atoms with Crippen LogP contribution in [-0.2, 0) is 11.2 Å². The van der Waals surface area contributed by atoms with Crippen molar-refractivity contribution >= 4 is 11.9 Å². The smallest absolute Gasteiger partial charge is 0.239 e. The Bertz CT molecular complexity index is 957. The van der Waals surface area contributed by atoms with Crippen molar-refractivity contribution in [1.29, 1.82) is 0 Å². The Kier molecular flexibility index (Phi) is 5.09. The molecule has 0 saturated heterocycles. The van der Waals surface area contributed by atoms with E-state index in [0.29, 0.717) is 31.0 Å². The van der Waals surface area contributed by atoms with Gasteiger partial charge in [-0.2, -0.15) is 4.98 Å². The van der Waals surface area contributed by atoms with Crippen molar-refractivity contribution in [3.8, 4) is 11.5 Å². The average Bonchev–Trinajstić information content (AvgIpc) is 3.35. The van der Waals surface area contributed by atoms with Gasteiger partial charge in [-0.3, -0.25) is 9.89 Å². The van der Waals surface area contributed by atoms with Crippen LogP contribution in [0.3, 0.4) is 0 Å². The second-order valence-corrected chi connectivity index (χ2v) is 6.52. The SMILES string of the molecule is Nc1n[nH]c(CCNC(=O)CC(c2ccccc2)c2ccc3c(c2)OCO3)n1. The zero-order valence-electron chi connectivity index (χ0n) is 15.2. The molecule has 1 amide bonds. The Morgan fingerprint density at radius 3 is 2.75 bits per heavy atom. The van der Waals surface area contributed by atoms with Crippen molar-refractivity contribution in [2.45, 2.75) is 18.8 Å². The number of carbonyl (C=O) groups excluding carboxylic acids is 1. The maximum Gasteiger partial charge on any atom is 0.239 e. The number of hydrogen-bond donors (Lipinski definition) is 3. The number of nitrogens with zero attached hydrogens (tertiary/aromatic N) is 2. The third-order valence-corrected chi connectivity index (χ3v) is 4.62. The maximum atomic E-state index is 12.6. The van der Waals surface area contributed by atoms with Crippen LogP contribution in [0.25, 0.3) is 0 Å². The molecule has 1 aliphatic rings. The first-order chi connectivity index (χ1) is 13.7. The van der Waals surface area contributed by atoms with Crippen LogP contribution < -0.4 is 20.5 Å². The summed E-state index contributed by atoms with van der Waals surface area (Å²) in [6.07, 6.45) is 0.859. The zero-order chi connectivity index (χ0) is 19.3. The number of nitrogens with two attached hydrogens (primary N) is 1. The Labute approximate surface area is 162 Å². The van der Waals surface area contributed by atoms with Crippen LogP contribution in [0.5, 0.6) is 11.5 Å². The summed E-state index contributed by atoms with van der Waals surface area (Å²) < 4.78 is 10.9. The quantitative estimate of drug-likeness (QED) is 0.578. The summed E-state index contributed by atoms with van der Waals surface area (Å²) in [6.45, 7) is 0.678. The Balaban J connectivity index is 1.45. The predicted octanol–water partition coefficient (Wildman–Crippen LogP) is 2.00. The summed E-state index contributed by atoms with van der Waals surface area (Å²) in [5.41, 5.74) is 7.56. The van der Waals surface area contributed by atoms with Crippen LogP contribution in [0, 0.1) is 0 Å². The van der Waals surface area contributed by atoms with Gasteiger partial charge in [0, 0.05) is 25.3 Å². The number of anilines is 1. The van der Waals surface area contributed by atoms with Gasteiger partial charge in [0.25, 0.3) is 0 Å². The molecule has 0 radical (unpaired) electrons. The van der Waals surface area contributed by atoms with Crippen LogP contribution in [-0.4, -0.2) is 34.4 Å². The van der Waals surface area contributed by atoms with Gasteiger partial charge < -0.3 is 20.5 Å². The summed E-state index contributed by atoms with van der Waals surface area (Å²) in [5.74, 6) is 2.16. The number of aromatic nitrogens is 3. The van der Waals surface area contributed by atoms with E-state index in [9.17, 15) is 4.79 Å². The summed E-state index contributed by atoms with van der Waals surface area (Å²) in [7, 11) is 0. The van der Waals surface area contributed by atoms with Crippen LogP contribution in [0.15, 0.2) is 48.5 Å². The predicted molar refractivity (Wildman–Crippen MR) is 103 cm³/mol. The van der Waals surface area contributed by atoms with Crippen LogP contribution in [0.4, 0.5) is 5.95 Å². The molecule has 144 valence electrons. The monoisotopic (exact) mass is 379 g/mol. The third kappa shape index (κ3) is 4.06. The fourth-order valence-corrected chi connectivity index (χ4v) is 3.24. The fourth-order valence-electron chi connectivity index (χ4n) is 3.24. The molecule has 1 unspecified atom stereocenters. The number of ether oxygens (including phenoxy) is 2. The van der Waals surface area contributed by atoms with E-state index in [1.807, 2.05) is 48.5 Å². The van der Waals surface area contributed by atoms with Crippen LogP contribution >= 0.6 is 0 Å². The molecule has 2 aromatic carbocycles.